The van der Waals surface area contributed by atoms with Gasteiger partial charge in [-0.1, -0.05) is 57.9 Å². The highest BCUT2D eigenvalue weighted by atomic mass is 16.3. The second-order valence-corrected chi connectivity index (χ2v) is 18.4. The van der Waals surface area contributed by atoms with Crippen molar-refractivity contribution in [2.75, 3.05) is 0 Å². The lowest BCUT2D eigenvalue weighted by Crippen LogP contribution is -2.50. The minimum absolute atomic E-state index is 0.0953. The fourth-order valence-corrected chi connectivity index (χ4v) is 14.0. The molecule has 1 N–H and O–H groups in total. The Bertz CT molecular complexity index is 1170. The van der Waals surface area contributed by atoms with Crippen LogP contribution in [0, 0.1) is 99.6 Å². The Morgan fingerprint density at radius 2 is 1.09 bits per heavy atom. The van der Waals surface area contributed by atoms with Gasteiger partial charge in [-0.15, -0.1) is 24.7 Å². The molecule has 1 heteroatoms. The minimum Gasteiger partial charge on any atom is -0.393 e. The number of hydrogen-bond acceptors (Lipinski definition) is 1. The Kier molecular flexibility index (Phi) is 7.85. The molecular weight excluding hydrogens is 532 g/mol. The van der Waals surface area contributed by atoms with Gasteiger partial charge in [0, 0.05) is 11.8 Å². The molecule has 6 saturated carbocycles. The maximum Gasteiger partial charge on any atom is 0.0577 e. The van der Waals surface area contributed by atoms with Crippen LogP contribution in [0.15, 0.2) is 23.3 Å². The SMILES string of the molecule is C#C[C@H]1CCC2C3CC=C4C[C@@H](C)CC[C@]4(C)C3CC[C@@]21C.C#C[C@H]1CCC2C3CC=C4C[C@@H](O)CC[C@]4(C)C3CC[C@@]21C. The van der Waals surface area contributed by atoms with Crippen LogP contribution in [0.5, 0.6) is 0 Å². The predicted octanol–water partition coefficient (Wildman–Crippen LogP) is 10.4. The molecule has 8 aliphatic rings. The van der Waals surface area contributed by atoms with Crippen LogP contribution in [0.25, 0.3) is 0 Å². The molecule has 44 heavy (non-hydrogen) atoms. The van der Waals surface area contributed by atoms with E-state index in [0.29, 0.717) is 33.5 Å². The van der Waals surface area contributed by atoms with Crippen LogP contribution in [0.2, 0.25) is 0 Å². The maximum atomic E-state index is 10.1. The van der Waals surface area contributed by atoms with Crippen molar-refractivity contribution in [2.45, 2.75) is 143 Å². The largest absolute Gasteiger partial charge is 0.393 e. The molecule has 14 atom stereocenters. The quantitative estimate of drug-likeness (QED) is 0.218. The Morgan fingerprint density at radius 1 is 0.614 bits per heavy atom. The molecule has 0 saturated heterocycles. The third kappa shape index (κ3) is 4.52. The summed E-state index contributed by atoms with van der Waals surface area (Å²) < 4.78 is 0. The normalized spacial score (nSPS) is 53.7. The van der Waals surface area contributed by atoms with Crippen molar-refractivity contribution in [2.24, 2.45) is 74.9 Å². The van der Waals surface area contributed by atoms with Crippen molar-refractivity contribution in [1.29, 1.82) is 0 Å². The number of hydrogen-bond donors (Lipinski definition) is 1. The summed E-state index contributed by atoms with van der Waals surface area (Å²) in [6.45, 7) is 12.6. The first-order chi connectivity index (χ1) is 21.0. The highest BCUT2D eigenvalue weighted by molar-refractivity contribution is 5.27. The van der Waals surface area contributed by atoms with Crippen LogP contribution in [0.4, 0.5) is 0 Å². The fourth-order valence-electron chi connectivity index (χ4n) is 14.0. The first-order valence-electron chi connectivity index (χ1n) is 19.0. The van der Waals surface area contributed by atoms with Crippen molar-refractivity contribution in [1.82, 2.24) is 0 Å². The molecule has 6 fully saturated rings. The first kappa shape index (κ1) is 31.2. The van der Waals surface area contributed by atoms with Gasteiger partial charge in [0.1, 0.15) is 0 Å². The van der Waals surface area contributed by atoms with Crippen molar-refractivity contribution < 1.29 is 5.11 Å². The average molecular weight is 595 g/mol. The van der Waals surface area contributed by atoms with Crippen molar-refractivity contribution >= 4 is 0 Å². The highest BCUT2D eigenvalue weighted by Gasteiger charge is 2.59. The summed E-state index contributed by atoms with van der Waals surface area (Å²) >= 11 is 0. The number of aliphatic hydroxyl groups excluding tert-OH is 1. The van der Waals surface area contributed by atoms with E-state index in [1.54, 1.807) is 5.57 Å². The van der Waals surface area contributed by atoms with E-state index in [0.717, 1.165) is 54.3 Å². The van der Waals surface area contributed by atoms with Crippen LogP contribution < -0.4 is 0 Å². The lowest BCUT2D eigenvalue weighted by molar-refractivity contribution is -0.0432. The molecule has 0 heterocycles. The van der Waals surface area contributed by atoms with Crippen LogP contribution in [-0.4, -0.2) is 11.2 Å². The van der Waals surface area contributed by atoms with Crippen LogP contribution >= 0.6 is 0 Å². The van der Waals surface area contributed by atoms with E-state index in [9.17, 15) is 5.11 Å². The molecule has 0 bridgehead atoms. The number of terminal acetylenes is 2. The zero-order valence-corrected chi connectivity index (χ0v) is 28.8. The van der Waals surface area contributed by atoms with Gasteiger partial charge in [0.25, 0.3) is 0 Å². The molecule has 240 valence electrons. The summed E-state index contributed by atoms with van der Waals surface area (Å²) in [5.74, 6) is 13.5. The average Bonchev–Trinajstić information content (AvgIpc) is 3.54. The summed E-state index contributed by atoms with van der Waals surface area (Å²) in [4.78, 5) is 0. The van der Waals surface area contributed by atoms with E-state index in [1.165, 1.54) is 89.9 Å². The summed E-state index contributed by atoms with van der Waals surface area (Å²) in [6.07, 6.45) is 37.5. The molecule has 1 nitrogen and oxygen atoms in total. The molecule has 0 aromatic rings. The van der Waals surface area contributed by atoms with Crippen molar-refractivity contribution in [3.63, 3.8) is 0 Å². The van der Waals surface area contributed by atoms with Crippen molar-refractivity contribution in [3.8, 4) is 24.7 Å². The van der Waals surface area contributed by atoms with E-state index in [2.05, 4.69) is 58.6 Å². The molecular formula is C43H62O. The highest BCUT2D eigenvalue weighted by Crippen LogP contribution is 2.67. The van der Waals surface area contributed by atoms with E-state index in [4.69, 9.17) is 12.8 Å². The Morgan fingerprint density at radius 3 is 1.59 bits per heavy atom. The third-order valence-electron chi connectivity index (χ3n) is 16.8. The molecule has 0 radical (unpaired) electrons. The number of rotatable bonds is 0. The zero-order chi connectivity index (χ0) is 31.1. The second-order valence-electron chi connectivity index (χ2n) is 18.4. The maximum absolute atomic E-state index is 10.1. The van der Waals surface area contributed by atoms with Gasteiger partial charge in [-0.2, -0.15) is 0 Å². The Labute approximate surface area is 270 Å². The topological polar surface area (TPSA) is 20.2 Å². The summed E-state index contributed by atoms with van der Waals surface area (Å²) in [5, 5.41) is 10.1. The van der Waals surface area contributed by atoms with Gasteiger partial charge in [0.15, 0.2) is 0 Å². The summed E-state index contributed by atoms with van der Waals surface area (Å²) in [6, 6.07) is 0. The van der Waals surface area contributed by atoms with E-state index >= 15 is 0 Å². The number of aliphatic hydroxyl groups is 1. The van der Waals surface area contributed by atoms with E-state index in [1.807, 2.05) is 5.57 Å². The molecule has 0 amide bonds. The van der Waals surface area contributed by atoms with Crippen LogP contribution in [0.3, 0.4) is 0 Å². The monoisotopic (exact) mass is 594 g/mol. The molecule has 0 aromatic heterocycles. The van der Waals surface area contributed by atoms with Gasteiger partial charge >= 0.3 is 0 Å². The standard InChI is InChI=1S/C22H32.C21H30O/c1-5-16-7-9-19-18-8-6-17-14-15(2)10-12-22(17,4)20(18)11-13-21(16,19)3;1-4-14-6-8-18-17-7-5-15-13-16(22)9-11-21(15,3)19(17)10-12-20(14,18)2/h1,6,15-16,18-20H,7-14H2,2-4H3;1,5,14,16-19,22H,6-13H2,2-3H3/t15-,16-,18?,19?,20?,21+,22-;14-,16-,17?,18?,19?,20+,21-/m00/s1. The van der Waals surface area contributed by atoms with Gasteiger partial charge in [-0.05, 0) is 166 Å². The van der Waals surface area contributed by atoms with Crippen LogP contribution in [-0.2, 0) is 0 Å². The molecule has 8 aliphatic carbocycles. The van der Waals surface area contributed by atoms with E-state index < -0.39 is 0 Å². The molecule has 0 aliphatic heterocycles. The number of allylic oxidation sites excluding steroid dienone is 3. The molecule has 6 unspecified atom stereocenters. The second kappa shape index (κ2) is 11.1. The van der Waals surface area contributed by atoms with Gasteiger partial charge in [-0.25, -0.2) is 0 Å². The summed E-state index contributed by atoms with van der Waals surface area (Å²) in [7, 11) is 0. The molecule has 8 rings (SSSR count). The van der Waals surface area contributed by atoms with Gasteiger partial charge < -0.3 is 5.11 Å². The lowest BCUT2D eigenvalue weighted by atomic mass is 9.47. The fraction of sp³-hybridized carbons (Fsp3) is 0.814. The van der Waals surface area contributed by atoms with Gasteiger partial charge in [0.05, 0.1) is 6.10 Å². The summed E-state index contributed by atoms with van der Waals surface area (Å²) in [5.41, 5.74) is 5.11. The van der Waals surface area contributed by atoms with E-state index in [-0.39, 0.29) is 6.10 Å². The zero-order valence-electron chi connectivity index (χ0n) is 28.8. The smallest absolute Gasteiger partial charge is 0.0577 e. The van der Waals surface area contributed by atoms with Crippen molar-refractivity contribution in [3.05, 3.63) is 23.3 Å². The first-order valence-corrected chi connectivity index (χ1v) is 19.0. The van der Waals surface area contributed by atoms with Gasteiger partial charge in [-0.3, -0.25) is 0 Å². The minimum atomic E-state index is -0.0953. The predicted molar refractivity (Wildman–Crippen MR) is 183 cm³/mol. The Hall–Kier alpha value is -1.44. The van der Waals surface area contributed by atoms with Gasteiger partial charge in [0.2, 0.25) is 0 Å². The number of fused-ring (bicyclic) bond motifs is 10. The molecule has 0 spiro atoms. The lowest BCUT2D eigenvalue weighted by Gasteiger charge is -2.57. The third-order valence-corrected chi connectivity index (χ3v) is 16.8. The molecule has 0 aromatic carbocycles. The van der Waals surface area contributed by atoms with Crippen LogP contribution in [0.1, 0.15) is 137 Å². The Balaban J connectivity index is 0.000000142.